The predicted octanol–water partition coefficient (Wildman–Crippen LogP) is 3.30. The average molecular weight is 373 g/mol. The van der Waals surface area contributed by atoms with E-state index in [9.17, 15) is 13.2 Å². The Labute approximate surface area is 151 Å². The fourth-order valence-electron chi connectivity index (χ4n) is 2.99. The van der Waals surface area contributed by atoms with Crippen LogP contribution in [0.4, 0.5) is 19.1 Å². The van der Waals surface area contributed by atoms with Crippen molar-refractivity contribution < 1.29 is 13.2 Å². The zero-order valence-electron chi connectivity index (χ0n) is 14.1. The van der Waals surface area contributed by atoms with Crippen LogP contribution in [0.2, 0.25) is 0 Å². The van der Waals surface area contributed by atoms with Crippen LogP contribution in [-0.2, 0) is 12.7 Å². The Morgan fingerprint density at radius 3 is 2.44 bits per heavy atom. The van der Waals surface area contributed by atoms with Crippen molar-refractivity contribution >= 4 is 17.0 Å². The third kappa shape index (κ3) is 2.78. The van der Waals surface area contributed by atoms with E-state index in [0.717, 1.165) is 17.6 Å². The van der Waals surface area contributed by atoms with Crippen LogP contribution in [0.5, 0.6) is 0 Å². The molecular weight excluding hydrogens is 359 g/mol. The molecule has 0 atom stereocenters. The number of nitrogens with zero attached hydrogens (tertiary/aromatic N) is 6. The Bertz CT molecular complexity index is 1110. The highest BCUT2D eigenvalue weighted by atomic mass is 19.4. The van der Waals surface area contributed by atoms with Crippen LogP contribution in [0, 0.1) is 0 Å². The number of nitrogen functional groups attached to an aromatic ring is 1. The van der Waals surface area contributed by atoms with Gasteiger partial charge in [0.2, 0.25) is 11.9 Å². The molecule has 0 saturated carbocycles. The second kappa shape index (κ2) is 6.08. The van der Waals surface area contributed by atoms with Crippen LogP contribution in [0.15, 0.2) is 43.0 Å². The first-order valence-corrected chi connectivity index (χ1v) is 8.08. The van der Waals surface area contributed by atoms with E-state index in [4.69, 9.17) is 5.73 Å². The monoisotopic (exact) mass is 373 g/mol. The first-order chi connectivity index (χ1) is 12.9. The number of hydrogen-bond acceptors (Lipinski definition) is 5. The Balaban J connectivity index is 1.92. The molecule has 4 rings (SSSR count). The standard InChI is InChI=1S/C17H14F3N7/c1-2-26-14-12(10-3-5-11(6-4-10)17(18,19)20)7-22-8-13(14)25-16(26)27-15(21)23-9-24-27/h3-9H,2H2,1H3,(H2,21,23,24). The van der Waals surface area contributed by atoms with Crippen LogP contribution in [-0.4, -0.2) is 29.3 Å². The van der Waals surface area contributed by atoms with E-state index in [-0.39, 0.29) is 5.95 Å². The van der Waals surface area contributed by atoms with E-state index in [1.54, 1.807) is 12.4 Å². The van der Waals surface area contributed by atoms with Crippen molar-refractivity contribution in [1.82, 2.24) is 29.3 Å². The van der Waals surface area contributed by atoms with Gasteiger partial charge in [0.25, 0.3) is 0 Å². The highest BCUT2D eigenvalue weighted by molar-refractivity contribution is 5.92. The van der Waals surface area contributed by atoms with Gasteiger partial charge in [-0.25, -0.2) is 4.98 Å². The number of pyridine rings is 1. The van der Waals surface area contributed by atoms with Crippen LogP contribution >= 0.6 is 0 Å². The van der Waals surface area contributed by atoms with Crippen molar-refractivity contribution in [2.24, 2.45) is 0 Å². The van der Waals surface area contributed by atoms with E-state index in [2.05, 4.69) is 20.1 Å². The summed E-state index contributed by atoms with van der Waals surface area (Å²) in [7, 11) is 0. The number of halogens is 3. The molecule has 3 heterocycles. The van der Waals surface area contributed by atoms with Gasteiger partial charge in [-0.3, -0.25) is 4.98 Å². The Kier molecular flexibility index (Phi) is 3.83. The van der Waals surface area contributed by atoms with Gasteiger partial charge in [0.05, 0.1) is 17.3 Å². The maximum atomic E-state index is 12.8. The largest absolute Gasteiger partial charge is 0.416 e. The topological polar surface area (TPSA) is 87.4 Å². The van der Waals surface area contributed by atoms with Gasteiger partial charge in [0.15, 0.2) is 0 Å². The SMILES string of the molecule is CCn1c(-n2ncnc2N)nc2cncc(-c3ccc(C(F)(F)F)cc3)c21. The van der Waals surface area contributed by atoms with Crippen molar-refractivity contribution in [2.45, 2.75) is 19.6 Å². The molecule has 0 amide bonds. The number of benzene rings is 1. The first kappa shape index (κ1) is 17.0. The highest BCUT2D eigenvalue weighted by Gasteiger charge is 2.30. The summed E-state index contributed by atoms with van der Waals surface area (Å²) in [6.07, 6.45) is 0.133. The van der Waals surface area contributed by atoms with Gasteiger partial charge in [-0.05, 0) is 24.6 Å². The van der Waals surface area contributed by atoms with E-state index in [0.29, 0.717) is 29.1 Å². The first-order valence-electron chi connectivity index (χ1n) is 8.08. The summed E-state index contributed by atoms with van der Waals surface area (Å²) >= 11 is 0. The number of nitrogens with two attached hydrogens (primary N) is 1. The van der Waals surface area contributed by atoms with Gasteiger partial charge >= 0.3 is 6.18 Å². The molecule has 0 fully saturated rings. The van der Waals surface area contributed by atoms with Crippen molar-refractivity contribution in [3.63, 3.8) is 0 Å². The van der Waals surface area contributed by atoms with Crippen molar-refractivity contribution in [3.8, 4) is 17.1 Å². The number of imidazole rings is 1. The summed E-state index contributed by atoms with van der Waals surface area (Å²) in [6.45, 7) is 2.47. The molecule has 0 spiro atoms. The third-order valence-corrected chi connectivity index (χ3v) is 4.23. The maximum Gasteiger partial charge on any atom is 0.416 e. The van der Waals surface area contributed by atoms with Gasteiger partial charge < -0.3 is 10.3 Å². The number of rotatable bonds is 3. The quantitative estimate of drug-likeness (QED) is 0.595. The van der Waals surface area contributed by atoms with Crippen LogP contribution < -0.4 is 5.73 Å². The molecule has 3 aromatic heterocycles. The third-order valence-electron chi connectivity index (χ3n) is 4.23. The van der Waals surface area contributed by atoms with E-state index in [1.807, 2.05) is 11.5 Å². The lowest BCUT2D eigenvalue weighted by Crippen LogP contribution is -2.10. The molecule has 0 aliphatic heterocycles. The second-order valence-corrected chi connectivity index (χ2v) is 5.82. The Hall–Kier alpha value is -3.43. The fraction of sp³-hybridized carbons (Fsp3) is 0.176. The van der Waals surface area contributed by atoms with Crippen LogP contribution in [0.1, 0.15) is 12.5 Å². The molecule has 0 aliphatic carbocycles. The fourth-order valence-corrected chi connectivity index (χ4v) is 2.99. The molecule has 0 unspecified atom stereocenters. The summed E-state index contributed by atoms with van der Waals surface area (Å²) in [6, 6.07) is 4.96. The molecular formula is C17H14F3N7. The minimum atomic E-state index is -4.38. The molecule has 0 saturated heterocycles. The number of hydrogen-bond donors (Lipinski definition) is 1. The average Bonchev–Trinajstić information content (AvgIpc) is 3.23. The molecule has 0 bridgehead atoms. The van der Waals surface area contributed by atoms with Gasteiger partial charge in [-0.2, -0.15) is 27.9 Å². The molecule has 138 valence electrons. The summed E-state index contributed by atoms with van der Waals surface area (Å²) in [4.78, 5) is 12.6. The van der Waals surface area contributed by atoms with Crippen molar-refractivity contribution in [3.05, 3.63) is 48.5 Å². The number of fused-ring (bicyclic) bond motifs is 1. The lowest BCUT2D eigenvalue weighted by atomic mass is 10.0. The molecule has 0 radical (unpaired) electrons. The molecule has 1 aromatic carbocycles. The van der Waals surface area contributed by atoms with E-state index < -0.39 is 11.7 Å². The molecule has 0 aliphatic rings. The summed E-state index contributed by atoms with van der Waals surface area (Å²) < 4.78 is 41.8. The zero-order valence-corrected chi connectivity index (χ0v) is 14.1. The van der Waals surface area contributed by atoms with E-state index in [1.165, 1.54) is 23.1 Å². The number of aromatic nitrogens is 6. The molecule has 4 aromatic rings. The zero-order chi connectivity index (χ0) is 19.2. The summed E-state index contributed by atoms with van der Waals surface area (Å²) in [5, 5.41) is 4.08. The minimum absolute atomic E-state index is 0.184. The molecule has 10 heteroatoms. The van der Waals surface area contributed by atoms with Gasteiger partial charge in [0.1, 0.15) is 11.8 Å². The van der Waals surface area contributed by atoms with Gasteiger partial charge in [-0.1, -0.05) is 12.1 Å². The van der Waals surface area contributed by atoms with Gasteiger partial charge in [-0.15, -0.1) is 0 Å². The van der Waals surface area contributed by atoms with E-state index >= 15 is 0 Å². The number of alkyl halides is 3. The van der Waals surface area contributed by atoms with Crippen LogP contribution in [0.3, 0.4) is 0 Å². The smallest absolute Gasteiger partial charge is 0.368 e. The normalized spacial score (nSPS) is 12.0. The molecule has 2 N–H and O–H groups in total. The van der Waals surface area contributed by atoms with Crippen LogP contribution in [0.25, 0.3) is 28.1 Å². The minimum Gasteiger partial charge on any atom is -0.368 e. The Morgan fingerprint density at radius 2 is 1.85 bits per heavy atom. The number of aryl methyl sites for hydroxylation is 1. The second-order valence-electron chi connectivity index (χ2n) is 5.82. The summed E-state index contributed by atoms with van der Waals surface area (Å²) in [5.41, 5.74) is 7.72. The summed E-state index contributed by atoms with van der Waals surface area (Å²) in [5.74, 6) is 0.646. The predicted molar refractivity (Wildman–Crippen MR) is 93.0 cm³/mol. The molecule has 7 nitrogen and oxygen atoms in total. The lowest BCUT2D eigenvalue weighted by Gasteiger charge is -2.11. The van der Waals surface area contributed by atoms with Crippen molar-refractivity contribution in [2.75, 3.05) is 5.73 Å². The van der Waals surface area contributed by atoms with Gasteiger partial charge in [0, 0.05) is 18.3 Å². The maximum absolute atomic E-state index is 12.8. The molecule has 27 heavy (non-hydrogen) atoms. The highest BCUT2D eigenvalue weighted by Crippen LogP contribution is 2.33. The van der Waals surface area contributed by atoms with Crippen molar-refractivity contribution in [1.29, 1.82) is 0 Å². The Morgan fingerprint density at radius 1 is 1.11 bits per heavy atom. The number of anilines is 1. The lowest BCUT2D eigenvalue weighted by molar-refractivity contribution is -0.137.